The van der Waals surface area contributed by atoms with E-state index in [1.165, 1.54) is 6.92 Å². The standard InChI is InChI=1S/C23H35N5O7/c1-12(2)9-16(26-20(31)15(24)11-18(25)30)21(32)27-17(10-14-7-5-4-6-8-14)22(33)28-19(13(3)29)23(34)35/h4-8,12-13,15-17,19,29H,9-11,24H2,1-3H3,(H2,25,30)(H,26,31)(H,27,32)(H,28,33)(H,34,35). The second-order valence-electron chi connectivity index (χ2n) is 8.78. The van der Waals surface area contributed by atoms with Gasteiger partial charge in [0.2, 0.25) is 23.6 Å². The number of aliphatic hydroxyl groups excluding tert-OH is 1. The largest absolute Gasteiger partial charge is 0.480 e. The van der Waals surface area contributed by atoms with E-state index in [1.54, 1.807) is 30.3 Å². The fourth-order valence-corrected chi connectivity index (χ4v) is 3.27. The minimum absolute atomic E-state index is 0.0219. The molecule has 194 valence electrons. The van der Waals surface area contributed by atoms with Crippen LogP contribution in [0.5, 0.6) is 0 Å². The summed E-state index contributed by atoms with van der Waals surface area (Å²) in [5, 5.41) is 26.3. The minimum atomic E-state index is -1.59. The van der Waals surface area contributed by atoms with Crippen molar-refractivity contribution in [2.24, 2.45) is 17.4 Å². The number of carboxylic acid groups (broad SMARTS) is 1. The summed E-state index contributed by atoms with van der Waals surface area (Å²) in [6.07, 6.45) is -1.57. The number of nitrogens with one attached hydrogen (secondary N) is 3. The molecule has 12 heteroatoms. The van der Waals surface area contributed by atoms with Gasteiger partial charge in [-0.3, -0.25) is 19.2 Å². The molecular formula is C23H35N5O7. The van der Waals surface area contributed by atoms with Crippen molar-refractivity contribution in [3.8, 4) is 0 Å². The van der Waals surface area contributed by atoms with Crippen LogP contribution in [0.4, 0.5) is 0 Å². The Morgan fingerprint density at radius 2 is 1.43 bits per heavy atom. The zero-order chi connectivity index (χ0) is 26.7. The van der Waals surface area contributed by atoms with E-state index in [9.17, 15) is 34.2 Å². The highest BCUT2D eigenvalue weighted by Gasteiger charge is 2.32. The van der Waals surface area contributed by atoms with Crippen LogP contribution in [-0.2, 0) is 30.4 Å². The highest BCUT2D eigenvalue weighted by molar-refractivity contribution is 5.95. The summed E-state index contributed by atoms with van der Waals surface area (Å²) in [4.78, 5) is 60.9. The van der Waals surface area contributed by atoms with E-state index in [0.717, 1.165) is 0 Å². The number of carbonyl (C=O) groups excluding carboxylic acids is 4. The predicted molar refractivity (Wildman–Crippen MR) is 126 cm³/mol. The molecule has 12 nitrogen and oxygen atoms in total. The van der Waals surface area contributed by atoms with E-state index in [4.69, 9.17) is 11.5 Å². The van der Waals surface area contributed by atoms with E-state index in [-0.39, 0.29) is 18.8 Å². The van der Waals surface area contributed by atoms with Gasteiger partial charge in [-0.1, -0.05) is 44.2 Å². The number of nitrogens with two attached hydrogens (primary N) is 2. The summed E-state index contributed by atoms with van der Waals surface area (Å²) >= 11 is 0. The van der Waals surface area contributed by atoms with Crippen LogP contribution in [0.1, 0.15) is 39.2 Å². The number of rotatable bonds is 14. The average Bonchev–Trinajstić information content (AvgIpc) is 2.75. The van der Waals surface area contributed by atoms with E-state index in [1.807, 2.05) is 13.8 Å². The highest BCUT2D eigenvalue weighted by atomic mass is 16.4. The summed E-state index contributed by atoms with van der Waals surface area (Å²) in [5.74, 6) is -4.52. The van der Waals surface area contributed by atoms with E-state index in [0.29, 0.717) is 5.56 Å². The van der Waals surface area contributed by atoms with Gasteiger partial charge in [-0.2, -0.15) is 0 Å². The van der Waals surface area contributed by atoms with Gasteiger partial charge in [-0.05, 0) is 24.8 Å². The fraction of sp³-hybridized carbons (Fsp3) is 0.522. The molecule has 0 saturated carbocycles. The number of hydrogen-bond donors (Lipinski definition) is 7. The molecule has 0 heterocycles. The van der Waals surface area contributed by atoms with Crippen molar-refractivity contribution >= 4 is 29.6 Å². The maximum absolute atomic E-state index is 13.1. The van der Waals surface area contributed by atoms with Crippen LogP contribution in [0, 0.1) is 5.92 Å². The molecule has 0 spiro atoms. The van der Waals surface area contributed by atoms with Gasteiger partial charge < -0.3 is 37.6 Å². The lowest BCUT2D eigenvalue weighted by atomic mass is 10.00. The van der Waals surface area contributed by atoms with Gasteiger partial charge >= 0.3 is 5.97 Å². The number of aliphatic hydroxyl groups is 1. The van der Waals surface area contributed by atoms with Crippen molar-refractivity contribution in [2.45, 2.75) is 70.3 Å². The monoisotopic (exact) mass is 493 g/mol. The Morgan fingerprint density at radius 1 is 0.886 bits per heavy atom. The highest BCUT2D eigenvalue weighted by Crippen LogP contribution is 2.09. The van der Waals surface area contributed by atoms with Crippen LogP contribution < -0.4 is 27.4 Å². The molecule has 4 amide bonds. The molecule has 5 atom stereocenters. The van der Waals surface area contributed by atoms with Crippen LogP contribution in [0.3, 0.4) is 0 Å². The Labute approximate surface area is 203 Å². The summed E-state index contributed by atoms with van der Waals surface area (Å²) in [6, 6.07) is 3.58. The maximum atomic E-state index is 13.1. The molecule has 0 bridgehead atoms. The normalized spacial score (nSPS) is 15.3. The van der Waals surface area contributed by atoms with Gasteiger partial charge in [0.15, 0.2) is 6.04 Å². The fourth-order valence-electron chi connectivity index (χ4n) is 3.27. The van der Waals surface area contributed by atoms with Crippen molar-refractivity contribution in [3.63, 3.8) is 0 Å². The summed E-state index contributed by atoms with van der Waals surface area (Å²) in [6.45, 7) is 4.86. The number of carboxylic acids is 1. The van der Waals surface area contributed by atoms with Crippen LogP contribution >= 0.6 is 0 Å². The van der Waals surface area contributed by atoms with Gasteiger partial charge in [0.1, 0.15) is 12.1 Å². The third kappa shape index (κ3) is 10.5. The molecule has 0 aliphatic heterocycles. The van der Waals surface area contributed by atoms with Crippen molar-refractivity contribution in [1.29, 1.82) is 0 Å². The van der Waals surface area contributed by atoms with Crippen molar-refractivity contribution < 1.29 is 34.2 Å². The SMILES string of the molecule is CC(C)CC(NC(=O)C(N)CC(N)=O)C(=O)NC(Cc1ccccc1)C(=O)NC(C(=O)O)C(C)O. The Bertz CT molecular complexity index is 892. The van der Waals surface area contributed by atoms with E-state index in [2.05, 4.69) is 16.0 Å². The van der Waals surface area contributed by atoms with Gasteiger partial charge in [0.25, 0.3) is 0 Å². The molecule has 1 rings (SSSR count). The van der Waals surface area contributed by atoms with Crippen molar-refractivity contribution in [2.75, 3.05) is 0 Å². The van der Waals surface area contributed by atoms with Crippen LogP contribution in [0.25, 0.3) is 0 Å². The Balaban J connectivity index is 3.12. The first-order valence-electron chi connectivity index (χ1n) is 11.2. The molecule has 35 heavy (non-hydrogen) atoms. The molecule has 0 radical (unpaired) electrons. The second kappa shape index (κ2) is 14.0. The molecule has 1 aromatic carbocycles. The Hall–Kier alpha value is -3.51. The molecule has 0 aliphatic rings. The third-order valence-corrected chi connectivity index (χ3v) is 5.06. The molecule has 1 aromatic rings. The van der Waals surface area contributed by atoms with Crippen LogP contribution in [0.15, 0.2) is 30.3 Å². The number of primary amides is 1. The van der Waals surface area contributed by atoms with Gasteiger partial charge in [0.05, 0.1) is 18.6 Å². The number of aliphatic carboxylic acids is 1. The predicted octanol–water partition coefficient (Wildman–Crippen LogP) is -1.60. The second-order valence-corrected chi connectivity index (χ2v) is 8.78. The van der Waals surface area contributed by atoms with E-state index >= 15 is 0 Å². The quantitative estimate of drug-likeness (QED) is 0.160. The smallest absolute Gasteiger partial charge is 0.328 e. The number of carbonyl (C=O) groups is 5. The average molecular weight is 494 g/mol. The zero-order valence-corrected chi connectivity index (χ0v) is 20.1. The van der Waals surface area contributed by atoms with Crippen molar-refractivity contribution in [3.05, 3.63) is 35.9 Å². The lowest BCUT2D eigenvalue weighted by Gasteiger charge is -2.26. The third-order valence-electron chi connectivity index (χ3n) is 5.06. The van der Waals surface area contributed by atoms with E-state index < -0.39 is 66.3 Å². The number of benzene rings is 1. The summed E-state index contributed by atoms with van der Waals surface area (Å²) in [5.41, 5.74) is 11.4. The molecule has 0 aliphatic carbocycles. The van der Waals surface area contributed by atoms with Gasteiger partial charge in [-0.15, -0.1) is 0 Å². The first kappa shape index (κ1) is 29.5. The lowest BCUT2D eigenvalue weighted by molar-refractivity contribution is -0.145. The molecule has 0 aromatic heterocycles. The molecular weight excluding hydrogens is 458 g/mol. The minimum Gasteiger partial charge on any atom is -0.480 e. The Morgan fingerprint density at radius 3 is 1.91 bits per heavy atom. The zero-order valence-electron chi connectivity index (χ0n) is 20.1. The first-order chi connectivity index (χ1) is 16.3. The molecule has 5 unspecified atom stereocenters. The lowest BCUT2D eigenvalue weighted by Crippen LogP contribution is -2.59. The van der Waals surface area contributed by atoms with Gasteiger partial charge in [0, 0.05) is 6.42 Å². The number of hydrogen-bond acceptors (Lipinski definition) is 7. The van der Waals surface area contributed by atoms with Crippen LogP contribution in [-0.4, -0.2) is 70.1 Å². The topological polar surface area (TPSA) is 214 Å². The Kier molecular flexibility index (Phi) is 11.8. The van der Waals surface area contributed by atoms with Crippen LogP contribution in [0.2, 0.25) is 0 Å². The number of amides is 4. The summed E-state index contributed by atoms with van der Waals surface area (Å²) < 4.78 is 0. The molecule has 0 fully saturated rings. The first-order valence-corrected chi connectivity index (χ1v) is 11.2. The molecule has 9 N–H and O–H groups in total. The maximum Gasteiger partial charge on any atom is 0.328 e. The summed E-state index contributed by atoms with van der Waals surface area (Å²) in [7, 11) is 0. The van der Waals surface area contributed by atoms with Gasteiger partial charge in [-0.25, -0.2) is 4.79 Å². The molecule has 0 saturated heterocycles. The van der Waals surface area contributed by atoms with Crippen molar-refractivity contribution in [1.82, 2.24) is 16.0 Å².